The normalized spacial score (nSPS) is 20.2. The summed E-state index contributed by atoms with van der Waals surface area (Å²) in [5.41, 5.74) is 3.41. The number of hydrogen-bond acceptors (Lipinski definition) is 4. The van der Waals surface area contributed by atoms with Crippen LogP contribution in [0.25, 0.3) is 22.4 Å². The van der Waals surface area contributed by atoms with Crippen molar-refractivity contribution in [2.24, 2.45) is 0 Å². The number of imidazole rings is 1. The van der Waals surface area contributed by atoms with Crippen molar-refractivity contribution in [3.8, 4) is 11.4 Å². The van der Waals surface area contributed by atoms with Crippen molar-refractivity contribution in [1.29, 1.82) is 0 Å². The van der Waals surface area contributed by atoms with Crippen molar-refractivity contribution < 1.29 is 17.9 Å². The van der Waals surface area contributed by atoms with Crippen molar-refractivity contribution in [2.75, 3.05) is 18.4 Å². The van der Waals surface area contributed by atoms with E-state index in [-0.39, 0.29) is 28.7 Å². The highest BCUT2D eigenvalue weighted by Crippen LogP contribution is 2.43. The van der Waals surface area contributed by atoms with Gasteiger partial charge in [0, 0.05) is 28.4 Å². The van der Waals surface area contributed by atoms with Crippen LogP contribution in [-0.2, 0) is 17.5 Å². The zero-order chi connectivity index (χ0) is 24.9. The van der Waals surface area contributed by atoms with Gasteiger partial charge in [0.25, 0.3) is 0 Å². The summed E-state index contributed by atoms with van der Waals surface area (Å²) in [4.78, 5) is 10.0. The Bertz CT molecular complexity index is 1410. The first-order valence-corrected chi connectivity index (χ1v) is 12.3. The van der Waals surface area contributed by atoms with Gasteiger partial charge in [0.05, 0.1) is 16.6 Å². The number of benzene rings is 3. The first-order valence-electron chi connectivity index (χ1n) is 11.9. The minimum Gasteiger partial charge on any atom is -0.358 e. The number of H-pyrrole nitrogens is 1. The van der Waals surface area contributed by atoms with E-state index in [1.807, 2.05) is 24.3 Å². The van der Waals surface area contributed by atoms with Crippen LogP contribution in [0.4, 0.5) is 18.9 Å². The first kappa shape index (κ1) is 23.3. The van der Waals surface area contributed by atoms with Crippen LogP contribution in [-0.4, -0.2) is 34.2 Å². The second-order valence-corrected chi connectivity index (χ2v) is 9.76. The molecule has 3 aromatic carbocycles. The predicted octanol–water partition coefficient (Wildman–Crippen LogP) is 7.01. The Morgan fingerprint density at radius 2 is 1.86 bits per heavy atom. The quantitative estimate of drug-likeness (QED) is 0.273. The number of halogens is 4. The fourth-order valence-electron chi connectivity index (χ4n) is 4.95. The molecule has 2 aliphatic rings. The lowest BCUT2D eigenvalue weighted by molar-refractivity contribution is -0.137. The SMILES string of the molecule is FC(F)(F)c1cc(Cl)ccc1-c1nc2c(C3OC3Nc3cccc(CN4CCCC4)c3)cccc2[nH]1. The Kier molecular flexibility index (Phi) is 5.90. The number of epoxide rings is 1. The van der Waals surface area contributed by atoms with Crippen molar-refractivity contribution in [3.05, 3.63) is 82.4 Å². The zero-order valence-corrected chi connectivity index (χ0v) is 20.0. The number of rotatable bonds is 6. The van der Waals surface area contributed by atoms with E-state index in [1.165, 1.54) is 30.5 Å². The van der Waals surface area contributed by atoms with E-state index in [4.69, 9.17) is 16.3 Å². The second-order valence-electron chi connectivity index (χ2n) is 9.32. The van der Waals surface area contributed by atoms with E-state index >= 15 is 0 Å². The molecule has 6 rings (SSSR count). The molecular weight excluding hydrogens is 489 g/mol. The van der Waals surface area contributed by atoms with Gasteiger partial charge >= 0.3 is 6.18 Å². The van der Waals surface area contributed by atoms with Gasteiger partial charge in [-0.3, -0.25) is 4.90 Å². The van der Waals surface area contributed by atoms with E-state index < -0.39 is 11.7 Å². The number of para-hydroxylation sites is 1. The van der Waals surface area contributed by atoms with Crippen LogP contribution in [0.5, 0.6) is 0 Å². The van der Waals surface area contributed by atoms with Gasteiger partial charge in [-0.25, -0.2) is 4.98 Å². The highest BCUT2D eigenvalue weighted by molar-refractivity contribution is 6.30. The third-order valence-electron chi connectivity index (χ3n) is 6.72. The molecule has 2 atom stereocenters. The van der Waals surface area contributed by atoms with Gasteiger partial charge in [-0.2, -0.15) is 13.2 Å². The lowest BCUT2D eigenvalue weighted by Crippen LogP contribution is -2.18. The van der Waals surface area contributed by atoms with Crippen LogP contribution >= 0.6 is 11.6 Å². The maximum atomic E-state index is 13.7. The van der Waals surface area contributed by atoms with E-state index in [2.05, 4.69) is 32.3 Å². The van der Waals surface area contributed by atoms with E-state index in [0.29, 0.717) is 11.0 Å². The van der Waals surface area contributed by atoms with E-state index in [1.54, 1.807) is 6.07 Å². The summed E-state index contributed by atoms with van der Waals surface area (Å²) in [7, 11) is 0. The Labute approximate surface area is 211 Å². The number of nitrogens with one attached hydrogen (secondary N) is 2. The molecule has 0 saturated carbocycles. The molecule has 0 bridgehead atoms. The van der Waals surface area contributed by atoms with Crippen LogP contribution in [0.3, 0.4) is 0 Å². The molecule has 5 nitrogen and oxygen atoms in total. The number of anilines is 1. The molecule has 0 amide bonds. The molecule has 186 valence electrons. The predicted molar refractivity (Wildman–Crippen MR) is 134 cm³/mol. The maximum Gasteiger partial charge on any atom is 0.417 e. The number of ether oxygens (including phenoxy) is 1. The fourth-order valence-corrected chi connectivity index (χ4v) is 5.12. The summed E-state index contributed by atoms with van der Waals surface area (Å²) in [6, 6.07) is 17.6. The third-order valence-corrected chi connectivity index (χ3v) is 6.96. The van der Waals surface area contributed by atoms with Gasteiger partial charge < -0.3 is 15.0 Å². The molecule has 2 fully saturated rings. The smallest absolute Gasteiger partial charge is 0.358 e. The standard InChI is InChI=1S/C27H24ClF3N4O/c28-17-9-10-19(21(14-17)27(29,30)31)25-33-22-8-4-7-20(23(22)34-25)24-26(36-24)32-18-6-3-5-16(13-18)15-35-11-1-2-12-35/h3-10,13-14,24,26,32H,1-2,11-12,15H2,(H,33,34). The van der Waals surface area contributed by atoms with Gasteiger partial charge in [-0.15, -0.1) is 0 Å². The molecular formula is C27H24ClF3N4O. The maximum absolute atomic E-state index is 13.7. The summed E-state index contributed by atoms with van der Waals surface area (Å²) >= 11 is 5.84. The molecule has 2 unspecified atom stereocenters. The minimum atomic E-state index is -4.56. The summed E-state index contributed by atoms with van der Waals surface area (Å²) in [6.45, 7) is 3.22. The number of aromatic nitrogens is 2. The lowest BCUT2D eigenvalue weighted by Gasteiger charge is -2.15. The highest BCUT2D eigenvalue weighted by atomic mass is 35.5. The molecule has 4 aromatic rings. The van der Waals surface area contributed by atoms with Crippen molar-refractivity contribution >= 4 is 28.3 Å². The number of alkyl halides is 3. The monoisotopic (exact) mass is 512 g/mol. The second kappa shape index (κ2) is 9.10. The Morgan fingerprint density at radius 1 is 1.06 bits per heavy atom. The summed E-state index contributed by atoms with van der Waals surface area (Å²) in [5.74, 6) is 0.140. The molecule has 2 aliphatic heterocycles. The van der Waals surface area contributed by atoms with Crippen LogP contribution in [0, 0.1) is 0 Å². The summed E-state index contributed by atoms with van der Waals surface area (Å²) in [6.07, 6.45) is -2.53. The van der Waals surface area contributed by atoms with Crippen LogP contribution in [0.2, 0.25) is 5.02 Å². The Balaban J connectivity index is 1.23. The molecule has 9 heteroatoms. The largest absolute Gasteiger partial charge is 0.417 e. The van der Waals surface area contributed by atoms with Gasteiger partial charge in [-0.1, -0.05) is 35.9 Å². The molecule has 2 saturated heterocycles. The molecule has 1 aromatic heterocycles. The van der Waals surface area contributed by atoms with E-state index in [9.17, 15) is 13.2 Å². The molecule has 36 heavy (non-hydrogen) atoms. The minimum absolute atomic E-state index is 0.0210. The Morgan fingerprint density at radius 3 is 2.67 bits per heavy atom. The first-order chi connectivity index (χ1) is 17.3. The molecule has 3 heterocycles. The number of nitrogens with zero attached hydrogens (tertiary/aromatic N) is 2. The molecule has 0 spiro atoms. The topological polar surface area (TPSA) is 56.5 Å². The van der Waals surface area contributed by atoms with Gasteiger partial charge in [0.1, 0.15) is 11.9 Å². The van der Waals surface area contributed by atoms with Gasteiger partial charge in [0.15, 0.2) is 6.23 Å². The molecule has 0 radical (unpaired) electrons. The van der Waals surface area contributed by atoms with Crippen molar-refractivity contribution in [1.82, 2.24) is 14.9 Å². The van der Waals surface area contributed by atoms with Gasteiger partial charge in [-0.05, 0) is 67.9 Å². The Hall–Kier alpha value is -3.07. The highest BCUT2D eigenvalue weighted by Gasteiger charge is 2.42. The van der Waals surface area contributed by atoms with Crippen molar-refractivity contribution in [3.63, 3.8) is 0 Å². The van der Waals surface area contributed by atoms with Crippen LogP contribution < -0.4 is 5.32 Å². The number of fused-ring (bicyclic) bond motifs is 1. The summed E-state index contributed by atoms with van der Waals surface area (Å²) in [5, 5.41) is 3.45. The van der Waals surface area contributed by atoms with Crippen molar-refractivity contribution in [2.45, 2.75) is 37.9 Å². The fraction of sp³-hybridized carbons (Fsp3) is 0.296. The third kappa shape index (κ3) is 4.68. The zero-order valence-electron chi connectivity index (χ0n) is 19.3. The van der Waals surface area contributed by atoms with Gasteiger partial charge in [0.2, 0.25) is 0 Å². The van der Waals surface area contributed by atoms with Crippen LogP contribution in [0.1, 0.15) is 35.6 Å². The lowest BCUT2D eigenvalue weighted by atomic mass is 10.1. The molecule has 2 N–H and O–H groups in total. The molecule has 0 aliphatic carbocycles. The van der Waals surface area contributed by atoms with E-state index in [0.717, 1.165) is 37.0 Å². The van der Waals surface area contributed by atoms with Crippen LogP contribution in [0.15, 0.2) is 60.7 Å². The summed E-state index contributed by atoms with van der Waals surface area (Å²) < 4.78 is 46.9. The average Bonchev–Trinajstić information content (AvgIpc) is 3.20. The number of aromatic amines is 1. The number of hydrogen-bond donors (Lipinski definition) is 2. The number of likely N-dealkylation sites (tertiary alicyclic amines) is 1. The average molecular weight is 513 g/mol.